The van der Waals surface area contributed by atoms with E-state index in [1.807, 2.05) is 6.07 Å². The lowest BCUT2D eigenvalue weighted by atomic mass is 9.83. The molecule has 2 nitrogen and oxygen atoms in total. The molecule has 2 N–H and O–H groups in total. The summed E-state index contributed by atoms with van der Waals surface area (Å²) >= 11 is 0. The first-order valence-electron chi connectivity index (χ1n) is 7.54. The van der Waals surface area contributed by atoms with Gasteiger partial charge >= 0.3 is 0 Å². The van der Waals surface area contributed by atoms with E-state index >= 15 is 0 Å². The number of anilines is 1. The van der Waals surface area contributed by atoms with Crippen molar-refractivity contribution in [3.05, 3.63) is 29.6 Å². The van der Waals surface area contributed by atoms with Crippen LogP contribution in [-0.2, 0) is 6.42 Å². The second-order valence-electron chi connectivity index (χ2n) is 5.92. The molecule has 1 heterocycles. The van der Waals surface area contributed by atoms with Crippen molar-refractivity contribution in [2.45, 2.75) is 44.6 Å². The molecule has 0 spiro atoms. The number of rotatable bonds is 3. The summed E-state index contributed by atoms with van der Waals surface area (Å²) in [5.41, 5.74) is 8.40. The normalized spacial score (nSPS) is 21.5. The first-order valence-corrected chi connectivity index (χ1v) is 7.54. The zero-order valence-corrected chi connectivity index (χ0v) is 11.4. The first-order chi connectivity index (χ1) is 9.29. The Morgan fingerprint density at radius 2 is 2.05 bits per heavy atom. The molecule has 1 saturated carbocycles. The van der Waals surface area contributed by atoms with E-state index in [4.69, 9.17) is 5.73 Å². The van der Waals surface area contributed by atoms with Crippen molar-refractivity contribution >= 4 is 5.69 Å². The van der Waals surface area contributed by atoms with Gasteiger partial charge < -0.3 is 10.6 Å². The summed E-state index contributed by atoms with van der Waals surface area (Å²) in [7, 11) is 0. The van der Waals surface area contributed by atoms with Gasteiger partial charge in [0, 0.05) is 24.8 Å². The van der Waals surface area contributed by atoms with Crippen molar-refractivity contribution in [1.82, 2.24) is 0 Å². The summed E-state index contributed by atoms with van der Waals surface area (Å²) in [6.45, 7) is 1.68. The van der Waals surface area contributed by atoms with Crippen molar-refractivity contribution in [2.75, 3.05) is 18.0 Å². The van der Waals surface area contributed by atoms with Crippen molar-refractivity contribution in [2.24, 2.45) is 11.7 Å². The second-order valence-corrected chi connectivity index (χ2v) is 5.92. The number of benzene rings is 1. The Morgan fingerprint density at radius 1 is 1.26 bits per heavy atom. The van der Waals surface area contributed by atoms with Crippen LogP contribution >= 0.6 is 0 Å². The molecule has 0 radical (unpaired) electrons. The molecule has 1 aromatic carbocycles. The monoisotopic (exact) mass is 262 g/mol. The van der Waals surface area contributed by atoms with Crippen LogP contribution in [0.2, 0.25) is 0 Å². The molecule has 0 aromatic heterocycles. The van der Waals surface area contributed by atoms with E-state index in [9.17, 15) is 4.39 Å². The van der Waals surface area contributed by atoms with Crippen LogP contribution in [0.25, 0.3) is 0 Å². The molecule has 19 heavy (non-hydrogen) atoms. The largest absolute Gasteiger partial charge is 0.366 e. The fourth-order valence-electron chi connectivity index (χ4n) is 3.81. The summed E-state index contributed by atoms with van der Waals surface area (Å²) in [6, 6.07) is 5.58. The fourth-order valence-corrected chi connectivity index (χ4v) is 3.81. The smallest absolute Gasteiger partial charge is 0.125 e. The van der Waals surface area contributed by atoms with E-state index in [0.717, 1.165) is 18.7 Å². The van der Waals surface area contributed by atoms with Crippen LogP contribution in [-0.4, -0.2) is 19.1 Å². The quantitative estimate of drug-likeness (QED) is 0.907. The van der Waals surface area contributed by atoms with Crippen LogP contribution in [0.1, 0.15) is 37.7 Å². The van der Waals surface area contributed by atoms with Crippen LogP contribution < -0.4 is 10.6 Å². The minimum absolute atomic E-state index is 0.134. The van der Waals surface area contributed by atoms with E-state index in [1.54, 1.807) is 12.1 Å². The van der Waals surface area contributed by atoms with Gasteiger partial charge in [0.15, 0.2) is 0 Å². The van der Waals surface area contributed by atoms with Crippen LogP contribution in [0.3, 0.4) is 0 Å². The molecule has 1 unspecified atom stereocenters. The lowest BCUT2D eigenvalue weighted by Crippen LogP contribution is -2.45. The zero-order chi connectivity index (χ0) is 13.2. The third-order valence-electron chi connectivity index (χ3n) is 4.81. The van der Waals surface area contributed by atoms with Crippen LogP contribution in [0.5, 0.6) is 0 Å². The Hall–Kier alpha value is -1.09. The summed E-state index contributed by atoms with van der Waals surface area (Å²) in [4.78, 5) is 2.37. The molecule has 2 aliphatic rings. The van der Waals surface area contributed by atoms with E-state index in [2.05, 4.69) is 4.90 Å². The highest BCUT2D eigenvalue weighted by atomic mass is 19.1. The highest BCUT2D eigenvalue weighted by Gasteiger charge is 2.31. The Bertz CT molecular complexity index is 440. The molecule has 0 bridgehead atoms. The summed E-state index contributed by atoms with van der Waals surface area (Å²) in [5, 5.41) is 0. The van der Waals surface area contributed by atoms with E-state index < -0.39 is 0 Å². The summed E-state index contributed by atoms with van der Waals surface area (Å²) < 4.78 is 13.5. The van der Waals surface area contributed by atoms with Gasteiger partial charge in [-0.15, -0.1) is 0 Å². The highest BCUT2D eigenvalue weighted by Crippen LogP contribution is 2.36. The molecular weight excluding hydrogens is 239 g/mol. The second kappa shape index (κ2) is 5.49. The van der Waals surface area contributed by atoms with Crippen LogP contribution in [0, 0.1) is 11.7 Å². The number of halogens is 1. The molecule has 1 fully saturated rings. The maximum Gasteiger partial charge on any atom is 0.125 e. The highest BCUT2D eigenvalue weighted by molar-refractivity contribution is 5.59. The third kappa shape index (κ3) is 2.48. The molecule has 3 heteroatoms. The van der Waals surface area contributed by atoms with Crippen LogP contribution in [0.15, 0.2) is 18.2 Å². The molecule has 0 amide bonds. The Balaban J connectivity index is 1.83. The number of hydrogen-bond acceptors (Lipinski definition) is 2. The molecule has 104 valence electrons. The lowest BCUT2D eigenvalue weighted by Gasteiger charge is -2.37. The van der Waals surface area contributed by atoms with Crippen molar-refractivity contribution < 1.29 is 4.39 Å². The van der Waals surface area contributed by atoms with Gasteiger partial charge in [0.05, 0.1) is 0 Å². The summed E-state index contributed by atoms with van der Waals surface area (Å²) in [6.07, 6.45) is 7.60. The van der Waals surface area contributed by atoms with E-state index in [0.29, 0.717) is 18.5 Å². The first kappa shape index (κ1) is 12.9. The zero-order valence-electron chi connectivity index (χ0n) is 11.4. The molecule has 3 rings (SSSR count). The van der Waals surface area contributed by atoms with Crippen molar-refractivity contribution in [3.63, 3.8) is 0 Å². The minimum atomic E-state index is -0.134. The van der Waals surface area contributed by atoms with Crippen molar-refractivity contribution in [1.29, 1.82) is 0 Å². The summed E-state index contributed by atoms with van der Waals surface area (Å²) in [5.74, 6) is 0.554. The van der Waals surface area contributed by atoms with Gasteiger partial charge in [-0.05, 0) is 42.9 Å². The van der Waals surface area contributed by atoms with Gasteiger partial charge in [0.1, 0.15) is 5.82 Å². The van der Waals surface area contributed by atoms with E-state index in [1.165, 1.54) is 37.7 Å². The Kier molecular flexibility index (Phi) is 3.74. The fraction of sp³-hybridized carbons (Fsp3) is 0.625. The average molecular weight is 262 g/mol. The third-order valence-corrected chi connectivity index (χ3v) is 4.81. The van der Waals surface area contributed by atoms with Crippen LogP contribution in [0.4, 0.5) is 10.1 Å². The SMILES string of the molecule is NCC(C1CCCCC1)N1CCc2ccc(F)cc21. The molecule has 1 aromatic rings. The number of fused-ring (bicyclic) bond motifs is 1. The lowest BCUT2D eigenvalue weighted by molar-refractivity contribution is 0.298. The standard InChI is InChI=1S/C16H23FN2/c17-14-7-6-13-8-9-19(15(13)10-14)16(11-18)12-4-2-1-3-5-12/h6-7,10,12,16H,1-5,8-9,11,18H2. The van der Waals surface area contributed by atoms with Gasteiger partial charge in [0.25, 0.3) is 0 Å². The average Bonchev–Trinajstić information content (AvgIpc) is 2.84. The minimum Gasteiger partial charge on any atom is -0.366 e. The predicted molar refractivity (Wildman–Crippen MR) is 76.9 cm³/mol. The van der Waals surface area contributed by atoms with Crippen molar-refractivity contribution in [3.8, 4) is 0 Å². The number of nitrogens with two attached hydrogens (primary N) is 1. The topological polar surface area (TPSA) is 29.3 Å². The van der Waals surface area contributed by atoms with Gasteiger partial charge in [-0.1, -0.05) is 25.3 Å². The van der Waals surface area contributed by atoms with E-state index in [-0.39, 0.29) is 5.82 Å². The number of hydrogen-bond donors (Lipinski definition) is 1. The molecule has 0 saturated heterocycles. The molecule has 1 aliphatic heterocycles. The van der Waals surface area contributed by atoms with Gasteiger partial charge in [-0.2, -0.15) is 0 Å². The predicted octanol–water partition coefficient (Wildman–Crippen LogP) is 3.10. The number of nitrogens with zero attached hydrogens (tertiary/aromatic N) is 1. The maximum absolute atomic E-state index is 13.5. The van der Waals surface area contributed by atoms with Gasteiger partial charge in [0.2, 0.25) is 0 Å². The Morgan fingerprint density at radius 3 is 2.79 bits per heavy atom. The molecular formula is C16H23FN2. The Labute approximate surface area is 114 Å². The molecule has 1 aliphatic carbocycles. The van der Waals surface area contributed by atoms with Gasteiger partial charge in [-0.3, -0.25) is 0 Å². The molecule has 1 atom stereocenters. The maximum atomic E-state index is 13.5. The van der Waals surface area contributed by atoms with Gasteiger partial charge in [-0.25, -0.2) is 4.39 Å².